The molecule has 0 bridgehead atoms. The summed E-state index contributed by atoms with van der Waals surface area (Å²) in [6.07, 6.45) is 0.0263. The highest BCUT2D eigenvalue weighted by atomic mass is 127. The maximum Gasteiger partial charge on any atom is 0.195 e. The minimum atomic E-state index is -0.543. The zero-order valence-electron chi connectivity index (χ0n) is 15.9. The Balaban J connectivity index is 0.00000364. The van der Waals surface area contributed by atoms with Crippen LogP contribution >= 0.6 is 24.0 Å². The average Bonchev–Trinajstić information content (AvgIpc) is 2.67. The molecule has 6 nitrogen and oxygen atoms in total. The van der Waals surface area contributed by atoms with Crippen LogP contribution in [0.15, 0.2) is 53.5 Å². The van der Waals surface area contributed by atoms with Crippen LogP contribution in [0.5, 0.6) is 11.5 Å². The number of ether oxygens (including phenoxy) is 2. The van der Waals surface area contributed by atoms with Gasteiger partial charge in [-0.3, -0.25) is 4.99 Å². The van der Waals surface area contributed by atoms with Crippen molar-refractivity contribution in [3.8, 4) is 11.5 Å². The fourth-order valence-electron chi connectivity index (χ4n) is 2.51. The highest BCUT2D eigenvalue weighted by molar-refractivity contribution is 14.0. The molecule has 0 aliphatic rings. The van der Waals surface area contributed by atoms with Crippen LogP contribution in [0.3, 0.4) is 0 Å². The van der Waals surface area contributed by atoms with Gasteiger partial charge in [0.25, 0.3) is 0 Å². The van der Waals surface area contributed by atoms with Gasteiger partial charge in [-0.1, -0.05) is 30.3 Å². The molecule has 0 aliphatic heterocycles. The van der Waals surface area contributed by atoms with Crippen molar-refractivity contribution in [2.45, 2.75) is 19.4 Å². The van der Waals surface area contributed by atoms with Crippen LogP contribution in [0, 0.1) is 0 Å². The molecule has 2 rings (SSSR count). The van der Waals surface area contributed by atoms with Crippen LogP contribution in [0.4, 0.5) is 5.69 Å². The van der Waals surface area contributed by atoms with Gasteiger partial charge in [-0.25, -0.2) is 0 Å². The number of aliphatic hydroxyl groups is 1. The molecular weight excluding hydrogens is 457 g/mol. The smallest absolute Gasteiger partial charge is 0.195 e. The minimum absolute atomic E-state index is 0. The van der Waals surface area contributed by atoms with Crippen molar-refractivity contribution in [3.63, 3.8) is 0 Å². The lowest BCUT2D eigenvalue weighted by Gasteiger charge is -2.15. The van der Waals surface area contributed by atoms with E-state index in [1.54, 1.807) is 14.2 Å². The third-order valence-electron chi connectivity index (χ3n) is 3.76. The predicted molar refractivity (Wildman–Crippen MR) is 121 cm³/mol. The van der Waals surface area contributed by atoms with Crippen molar-refractivity contribution < 1.29 is 14.6 Å². The molecule has 27 heavy (non-hydrogen) atoms. The molecule has 0 saturated carbocycles. The standard InChI is InChI=1S/C20H27N3O3.HI/c1-4-21-20(22-14-17(24)12-15-8-6-5-7-9-15)23-16-10-11-18(25-2)19(13-16)26-3;/h5-11,13,17,24H,4,12,14H2,1-3H3,(H2,21,22,23);1H. The van der Waals surface area contributed by atoms with Gasteiger partial charge < -0.3 is 25.2 Å². The summed E-state index contributed by atoms with van der Waals surface area (Å²) < 4.78 is 10.6. The summed E-state index contributed by atoms with van der Waals surface area (Å²) in [4.78, 5) is 4.48. The number of methoxy groups -OCH3 is 2. The van der Waals surface area contributed by atoms with Crippen molar-refractivity contribution in [2.24, 2.45) is 4.99 Å². The van der Waals surface area contributed by atoms with E-state index in [0.717, 1.165) is 11.3 Å². The molecule has 0 fully saturated rings. The molecule has 2 aromatic carbocycles. The molecule has 3 N–H and O–H groups in total. The van der Waals surface area contributed by atoms with E-state index in [0.29, 0.717) is 37.0 Å². The minimum Gasteiger partial charge on any atom is -0.493 e. The summed E-state index contributed by atoms with van der Waals surface area (Å²) in [5.74, 6) is 1.91. The number of halogens is 1. The molecule has 0 heterocycles. The second kappa shape index (κ2) is 12.4. The summed E-state index contributed by atoms with van der Waals surface area (Å²) in [5, 5.41) is 16.6. The third kappa shape index (κ3) is 7.64. The summed E-state index contributed by atoms with van der Waals surface area (Å²) in [6.45, 7) is 3.01. The van der Waals surface area contributed by atoms with Crippen LogP contribution in [0.1, 0.15) is 12.5 Å². The zero-order chi connectivity index (χ0) is 18.8. The van der Waals surface area contributed by atoms with Gasteiger partial charge in [0.05, 0.1) is 26.9 Å². The van der Waals surface area contributed by atoms with Gasteiger partial charge in [0, 0.05) is 24.7 Å². The molecule has 1 atom stereocenters. The average molecular weight is 485 g/mol. The van der Waals surface area contributed by atoms with E-state index in [-0.39, 0.29) is 24.0 Å². The first kappa shape index (κ1) is 23.0. The Bertz CT molecular complexity index is 711. The largest absolute Gasteiger partial charge is 0.493 e. The van der Waals surface area contributed by atoms with Crippen LogP contribution in [-0.4, -0.2) is 44.5 Å². The van der Waals surface area contributed by atoms with Gasteiger partial charge in [0.2, 0.25) is 0 Å². The number of hydrogen-bond acceptors (Lipinski definition) is 4. The second-order valence-electron chi connectivity index (χ2n) is 5.76. The molecule has 0 aliphatic carbocycles. The van der Waals surface area contributed by atoms with E-state index in [4.69, 9.17) is 9.47 Å². The third-order valence-corrected chi connectivity index (χ3v) is 3.76. The molecule has 1 unspecified atom stereocenters. The van der Waals surface area contributed by atoms with E-state index in [1.807, 2.05) is 55.5 Å². The molecule has 0 radical (unpaired) electrons. The molecule has 0 aromatic heterocycles. The van der Waals surface area contributed by atoms with Gasteiger partial charge in [-0.2, -0.15) is 0 Å². The number of anilines is 1. The summed E-state index contributed by atoms with van der Waals surface area (Å²) in [7, 11) is 3.20. The maximum absolute atomic E-state index is 10.2. The lowest BCUT2D eigenvalue weighted by Crippen LogP contribution is -2.32. The molecular formula is C20H28IN3O3. The quantitative estimate of drug-likeness (QED) is 0.304. The maximum atomic E-state index is 10.2. The molecule has 148 valence electrons. The lowest BCUT2D eigenvalue weighted by atomic mass is 10.1. The molecule has 2 aromatic rings. The van der Waals surface area contributed by atoms with Crippen molar-refractivity contribution in [3.05, 3.63) is 54.1 Å². The van der Waals surface area contributed by atoms with Crippen LogP contribution in [0.25, 0.3) is 0 Å². The predicted octanol–water partition coefficient (Wildman–Crippen LogP) is 3.30. The number of nitrogens with zero attached hydrogens (tertiary/aromatic N) is 1. The van der Waals surface area contributed by atoms with Crippen LogP contribution in [-0.2, 0) is 6.42 Å². The number of hydrogen-bond donors (Lipinski definition) is 3. The number of rotatable bonds is 8. The van der Waals surface area contributed by atoms with E-state index < -0.39 is 6.10 Å². The fourth-order valence-corrected chi connectivity index (χ4v) is 2.51. The van der Waals surface area contributed by atoms with Crippen molar-refractivity contribution >= 4 is 35.6 Å². The number of guanidine groups is 1. The van der Waals surface area contributed by atoms with Gasteiger partial charge in [0.15, 0.2) is 17.5 Å². The topological polar surface area (TPSA) is 75.1 Å². The second-order valence-corrected chi connectivity index (χ2v) is 5.76. The first-order valence-corrected chi connectivity index (χ1v) is 8.65. The Morgan fingerprint density at radius 3 is 2.41 bits per heavy atom. The fraction of sp³-hybridized carbons (Fsp3) is 0.350. The number of benzene rings is 2. The monoisotopic (exact) mass is 485 g/mol. The van der Waals surface area contributed by atoms with Crippen molar-refractivity contribution in [2.75, 3.05) is 32.6 Å². The molecule has 7 heteroatoms. The van der Waals surface area contributed by atoms with Crippen LogP contribution in [0.2, 0.25) is 0 Å². The number of aliphatic hydroxyl groups excluding tert-OH is 1. The van der Waals surface area contributed by atoms with Crippen LogP contribution < -0.4 is 20.1 Å². The Hall–Kier alpha value is -2.00. The SMILES string of the molecule is CCNC(=NCC(O)Cc1ccccc1)Nc1ccc(OC)c(OC)c1.I. The van der Waals surface area contributed by atoms with Gasteiger partial charge >= 0.3 is 0 Å². The Labute approximate surface area is 178 Å². The lowest BCUT2D eigenvalue weighted by molar-refractivity contribution is 0.184. The first-order chi connectivity index (χ1) is 12.7. The zero-order valence-corrected chi connectivity index (χ0v) is 18.3. The highest BCUT2D eigenvalue weighted by Gasteiger charge is 2.08. The summed E-state index contributed by atoms with van der Waals surface area (Å²) in [5.41, 5.74) is 1.91. The van der Waals surface area contributed by atoms with Gasteiger partial charge in [-0.05, 0) is 24.6 Å². The number of nitrogens with one attached hydrogen (secondary N) is 2. The van der Waals surface area contributed by atoms with Crippen molar-refractivity contribution in [1.82, 2.24) is 5.32 Å². The Morgan fingerprint density at radius 2 is 1.78 bits per heavy atom. The number of aliphatic imine (C=N–C) groups is 1. The highest BCUT2D eigenvalue weighted by Crippen LogP contribution is 2.29. The van der Waals surface area contributed by atoms with E-state index in [2.05, 4.69) is 15.6 Å². The first-order valence-electron chi connectivity index (χ1n) is 8.65. The van der Waals surface area contributed by atoms with E-state index in [9.17, 15) is 5.11 Å². The molecule has 0 amide bonds. The normalized spacial score (nSPS) is 11.9. The van der Waals surface area contributed by atoms with Crippen molar-refractivity contribution in [1.29, 1.82) is 0 Å². The van der Waals surface area contributed by atoms with Gasteiger partial charge in [-0.15, -0.1) is 24.0 Å². The Morgan fingerprint density at radius 1 is 1.07 bits per heavy atom. The summed E-state index contributed by atoms with van der Waals surface area (Å²) >= 11 is 0. The Kier molecular flexibility index (Phi) is 10.6. The summed E-state index contributed by atoms with van der Waals surface area (Å²) in [6, 6.07) is 15.4. The molecule has 0 saturated heterocycles. The van der Waals surface area contributed by atoms with Gasteiger partial charge in [0.1, 0.15) is 0 Å². The van der Waals surface area contributed by atoms with E-state index >= 15 is 0 Å². The van der Waals surface area contributed by atoms with E-state index in [1.165, 1.54) is 0 Å². The molecule has 0 spiro atoms.